The van der Waals surface area contributed by atoms with Gasteiger partial charge in [0.05, 0.1) is 6.61 Å². The average Bonchev–Trinajstić information content (AvgIpc) is 2.55. The van der Waals surface area contributed by atoms with Crippen molar-refractivity contribution >= 4 is 11.8 Å². The first-order valence-electron chi connectivity index (χ1n) is 9.37. The highest BCUT2D eigenvalue weighted by Crippen LogP contribution is 2.26. The highest BCUT2D eigenvalue weighted by Gasteiger charge is 2.20. The Morgan fingerprint density at radius 3 is 2.28 bits per heavy atom. The van der Waals surface area contributed by atoms with Gasteiger partial charge in [0.25, 0.3) is 0 Å². The van der Waals surface area contributed by atoms with Crippen LogP contribution in [0.2, 0.25) is 0 Å². The molecule has 1 fully saturated rings. The summed E-state index contributed by atoms with van der Waals surface area (Å²) in [6, 6.07) is 9.97. The lowest BCUT2D eigenvalue weighted by molar-refractivity contribution is 0.154. The van der Waals surface area contributed by atoms with E-state index < -0.39 is 6.09 Å². The average molecular weight is 348 g/mol. The van der Waals surface area contributed by atoms with E-state index in [-0.39, 0.29) is 5.41 Å². The maximum absolute atomic E-state index is 10.5. The van der Waals surface area contributed by atoms with Crippen LogP contribution in [0.1, 0.15) is 58.4 Å². The van der Waals surface area contributed by atoms with E-state index in [9.17, 15) is 4.79 Å². The third-order valence-corrected chi connectivity index (χ3v) is 4.85. The number of hydrogen-bond acceptors (Lipinski definition) is 4. The summed E-state index contributed by atoms with van der Waals surface area (Å²) >= 11 is 0. The SMILES string of the molecule is CC(C)(C)c1ccc(NC2CCC(NCCCOC(N)=O)CC2)cc1. The Morgan fingerprint density at radius 1 is 1.12 bits per heavy atom. The number of carbonyl (C=O) groups is 1. The van der Waals surface area contributed by atoms with Crippen LogP contribution in [0.15, 0.2) is 24.3 Å². The van der Waals surface area contributed by atoms with E-state index >= 15 is 0 Å². The van der Waals surface area contributed by atoms with Crippen molar-refractivity contribution in [1.29, 1.82) is 0 Å². The molecule has 0 atom stereocenters. The molecule has 0 unspecified atom stereocenters. The van der Waals surface area contributed by atoms with Crippen LogP contribution in [0.25, 0.3) is 0 Å². The van der Waals surface area contributed by atoms with E-state index in [2.05, 4.69) is 55.7 Å². The predicted octanol–water partition coefficient (Wildman–Crippen LogP) is 3.78. The highest BCUT2D eigenvalue weighted by molar-refractivity contribution is 5.64. The van der Waals surface area contributed by atoms with Crippen molar-refractivity contribution in [2.24, 2.45) is 5.73 Å². The second-order valence-electron chi connectivity index (χ2n) is 8.00. The molecule has 0 saturated heterocycles. The van der Waals surface area contributed by atoms with Gasteiger partial charge in [-0.05, 0) is 61.8 Å². The normalized spacial score (nSPS) is 20.9. The van der Waals surface area contributed by atoms with E-state index in [4.69, 9.17) is 10.5 Å². The van der Waals surface area contributed by atoms with E-state index in [0.717, 1.165) is 13.0 Å². The Balaban J connectivity index is 1.66. The highest BCUT2D eigenvalue weighted by atomic mass is 16.5. The summed E-state index contributed by atoms with van der Waals surface area (Å²) in [6.45, 7) is 7.98. The summed E-state index contributed by atoms with van der Waals surface area (Å²) in [5.41, 5.74) is 7.72. The summed E-state index contributed by atoms with van der Waals surface area (Å²) in [4.78, 5) is 10.5. The predicted molar refractivity (Wildman–Crippen MR) is 103 cm³/mol. The zero-order valence-electron chi connectivity index (χ0n) is 15.8. The molecule has 5 nitrogen and oxygen atoms in total. The smallest absolute Gasteiger partial charge is 0.404 e. The fourth-order valence-corrected chi connectivity index (χ4v) is 3.30. The van der Waals surface area contributed by atoms with Crippen LogP contribution in [-0.4, -0.2) is 31.3 Å². The molecule has 0 aliphatic heterocycles. The van der Waals surface area contributed by atoms with Gasteiger partial charge in [0.1, 0.15) is 0 Å². The van der Waals surface area contributed by atoms with Gasteiger partial charge in [-0.3, -0.25) is 0 Å². The molecule has 5 heteroatoms. The summed E-state index contributed by atoms with van der Waals surface area (Å²) < 4.78 is 4.73. The molecule has 0 bridgehead atoms. The number of nitrogens with two attached hydrogens (primary N) is 1. The summed E-state index contributed by atoms with van der Waals surface area (Å²) in [7, 11) is 0. The summed E-state index contributed by atoms with van der Waals surface area (Å²) in [5.74, 6) is 0. The largest absolute Gasteiger partial charge is 0.450 e. The zero-order chi connectivity index (χ0) is 18.3. The van der Waals surface area contributed by atoms with Gasteiger partial charge in [-0.1, -0.05) is 32.9 Å². The third-order valence-electron chi connectivity index (χ3n) is 4.85. The van der Waals surface area contributed by atoms with Crippen molar-refractivity contribution in [1.82, 2.24) is 5.32 Å². The molecule has 1 amide bonds. The van der Waals surface area contributed by atoms with Crippen molar-refractivity contribution in [2.75, 3.05) is 18.5 Å². The van der Waals surface area contributed by atoms with Crippen LogP contribution >= 0.6 is 0 Å². The van der Waals surface area contributed by atoms with Crippen molar-refractivity contribution in [2.45, 2.75) is 70.4 Å². The molecule has 1 aromatic carbocycles. The van der Waals surface area contributed by atoms with Crippen LogP contribution in [0, 0.1) is 0 Å². The first kappa shape index (κ1) is 19.6. The molecule has 25 heavy (non-hydrogen) atoms. The van der Waals surface area contributed by atoms with Gasteiger partial charge in [0.2, 0.25) is 0 Å². The lowest BCUT2D eigenvalue weighted by Crippen LogP contribution is -2.37. The second kappa shape index (κ2) is 9.09. The van der Waals surface area contributed by atoms with Crippen LogP contribution in [0.5, 0.6) is 0 Å². The van der Waals surface area contributed by atoms with Gasteiger partial charge in [0.15, 0.2) is 0 Å². The summed E-state index contributed by atoms with van der Waals surface area (Å²) in [6.07, 6.45) is 4.82. The maximum Gasteiger partial charge on any atom is 0.404 e. The van der Waals surface area contributed by atoms with Gasteiger partial charge in [0, 0.05) is 17.8 Å². The van der Waals surface area contributed by atoms with Crippen LogP contribution < -0.4 is 16.4 Å². The number of nitrogens with one attached hydrogen (secondary N) is 2. The first-order chi connectivity index (χ1) is 11.8. The van der Waals surface area contributed by atoms with Crippen LogP contribution in [-0.2, 0) is 10.2 Å². The van der Waals surface area contributed by atoms with Gasteiger partial charge < -0.3 is 21.1 Å². The molecule has 1 aromatic rings. The molecular formula is C20H33N3O2. The third kappa shape index (κ3) is 6.94. The Bertz CT molecular complexity index is 529. The monoisotopic (exact) mass is 347 g/mol. The van der Waals surface area contributed by atoms with Crippen molar-refractivity contribution in [3.05, 3.63) is 29.8 Å². The zero-order valence-corrected chi connectivity index (χ0v) is 15.8. The molecule has 0 heterocycles. The fraction of sp³-hybridized carbons (Fsp3) is 0.650. The molecule has 0 spiro atoms. The lowest BCUT2D eigenvalue weighted by Gasteiger charge is -2.30. The molecule has 1 aliphatic rings. The minimum absolute atomic E-state index is 0.199. The number of amides is 1. The lowest BCUT2D eigenvalue weighted by atomic mass is 9.87. The Kier molecular flexibility index (Phi) is 7.12. The molecule has 1 aliphatic carbocycles. The van der Waals surface area contributed by atoms with E-state index in [1.54, 1.807) is 0 Å². The van der Waals surface area contributed by atoms with Crippen molar-refractivity contribution in [3.63, 3.8) is 0 Å². The minimum atomic E-state index is -0.692. The van der Waals surface area contributed by atoms with E-state index in [1.807, 2.05) is 0 Å². The number of anilines is 1. The summed E-state index contributed by atoms with van der Waals surface area (Å²) in [5, 5.41) is 7.21. The number of primary amides is 1. The van der Waals surface area contributed by atoms with Crippen LogP contribution in [0.3, 0.4) is 0 Å². The molecule has 0 aromatic heterocycles. The van der Waals surface area contributed by atoms with E-state index in [1.165, 1.54) is 36.9 Å². The second-order valence-corrected chi connectivity index (χ2v) is 8.00. The molecule has 0 radical (unpaired) electrons. The van der Waals surface area contributed by atoms with Crippen LogP contribution in [0.4, 0.5) is 10.5 Å². The minimum Gasteiger partial charge on any atom is -0.450 e. The molecule has 4 N–H and O–H groups in total. The Hall–Kier alpha value is -1.75. The van der Waals surface area contributed by atoms with Crippen molar-refractivity contribution in [3.8, 4) is 0 Å². The Morgan fingerprint density at radius 2 is 1.72 bits per heavy atom. The van der Waals surface area contributed by atoms with Gasteiger partial charge >= 0.3 is 6.09 Å². The van der Waals surface area contributed by atoms with E-state index in [0.29, 0.717) is 18.7 Å². The molecular weight excluding hydrogens is 314 g/mol. The Labute approximate surface area is 151 Å². The number of hydrogen-bond donors (Lipinski definition) is 3. The van der Waals surface area contributed by atoms with Gasteiger partial charge in [-0.2, -0.15) is 0 Å². The van der Waals surface area contributed by atoms with Crippen molar-refractivity contribution < 1.29 is 9.53 Å². The number of carbonyl (C=O) groups excluding carboxylic acids is 1. The molecule has 2 rings (SSSR count). The number of ether oxygens (including phenoxy) is 1. The van der Waals surface area contributed by atoms with Gasteiger partial charge in [-0.25, -0.2) is 4.79 Å². The quantitative estimate of drug-likeness (QED) is 0.656. The fourth-order valence-electron chi connectivity index (χ4n) is 3.30. The number of rotatable bonds is 7. The molecule has 140 valence electrons. The topological polar surface area (TPSA) is 76.4 Å². The standard InChI is InChI=1S/C20H33N3O2/c1-20(2,3)15-5-7-17(8-6-15)23-18-11-9-16(10-12-18)22-13-4-14-25-19(21)24/h5-8,16,18,22-23H,4,9-14H2,1-3H3,(H2,21,24). The van der Waals surface area contributed by atoms with Gasteiger partial charge in [-0.15, -0.1) is 0 Å². The first-order valence-corrected chi connectivity index (χ1v) is 9.37. The molecule has 1 saturated carbocycles. The number of benzene rings is 1. The maximum atomic E-state index is 10.5.